The Bertz CT molecular complexity index is 3860. The Kier molecular flexibility index (Phi) is 7.41. The summed E-state index contributed by atoms with van der Waals surface area (Å²) in [5.74, 6) is 1.53. The number of pyridine rings is 1. The van der Waals surface area contributed by atoms with Gasteiger partial charge in [0.05, 0.1) is 33.0 Å². The number of hydrogen-bond donors (Lipinski definition) is 0. The second-order valence-corrected chi connectivity index (χ2v) is 16.7. The summed E-state index contributed by atoms with van der Waals surface area (Å²) in [6.45, 7) is 0. The Morgan fingerprint density at radius 3 is 1.98 bits per heavy atom. The zero-order valence-corrected chi connectivity index (χ0v) is 33.5. The molecule has 0 saturated carbocycles. The molecular formula is C55H33N5S. The standard InChI is InChI=1S/C55H33N5S/c1-3-12-34(13-4-1)50-33-39-22-24-45-52(53(39)61-50)55(58-54(57-45)35-26-28-56-29-27-35)60-47-25-23-38(31-43(47)44-30-36-14-7-8-15-37(36)32-49(44)60)41-19-11-21-48-51(41)42-18-9-10-20-46(42)59(48)40-16-5-2-6-17-40/h1-33H. The Balaban J connectivity index is 1.13. The van der Waals surface area contributed by atoms with Crippen molar-refractivity contribution >= 4 is 86.7 Å². The number of para-hydroxylation sites is 2. The Hall–Kier alpha value is -7.93. The van der Waals surface area contributed by atoms with Crippen molar-refractivity contribution < 1.29 is 0 Å². The van der Waals surface area contributed by atoms with E-state index in [4.69, 9.17) is 9.97 Å². The molecule has 0 unspecified atom stereocenters. The first-order valence-electron chi connectivity index (χ1n) is 20.5. The molecule has 5 nitrogen and oxygen atoms in total. The van der Waals surface area contributed by atoms with Gasteiger partial charge in [-0.15, -0.1) is 11.3 Å². The molecule has 0 fully saturated rings. The first-order chi connectivity index (χ1) is 30.2. The highest BCUT2D eigenvalue weighted by Gasteiger charge is 2.23. The monoisotopic (exact) mass is 795 g/mol. The van der Waals surface area contributed by atoms with Crippen LogP contribution in [0, 0.1) is 0 Å². The van der Waals surface area contributed by atoms with Gasteiger partial charge in [-0.1, -0.05) is 115 Å². The van der Waals surface area contributed by atoms with E-state index in [0.29, 0.717) is 5.82 Å². The van der Waals surface area contributed by atoms with Gasteiger partial charge in [0, 0.05) is 54.8 Å². The largest absolute Gasteiger partial charge is 0.309 e. The fourth-order valence-corrected chi connectivity index (χ4v) is 10.7. The van der Waals surface area contributed by atoms with Crippen LogP contribution in [0.5, 0.6) is 0 Å². The lowest BCUT2D eigenvalue weighted by molar-refractivity contribution is 1.08. The third kappa shape index (κ3) is 5.22. The van der Waals surface area contributed by atoms with Crippen LogP contribution >= 0.6 is 11.3 Å². The van der Waals surface area contributed by atoms with E-state index in [2.05, 4.69) is 190 Å². The minimum atomic E-state index is 0.665. The Morgan fingerprint density at radius 2 is 1.13 bits per heavy atom. The van der Waals surface area contributed by atoms with Crippen LogP contribution in [0.25, 0.3) is 120 Å². The molecule has 0 saturated heterocycles. The number of hydrogen-bond acceptors (Lipinski definition) is 4. The summed E-state index contributed by atoms with van der Waals surface area (Å²) in [6, 6.07) is 67.8. The van der Waals surface area contributed by atoms with Crippen LogP contribution in [-0.2, 0) is 0 Å². The molecule has 5 aromatic heterocycles. The lowest BCUT2D eigenvalue weighted by Gasteiger charge is -2.14. The highest BCUT2D eigenvalue weighted by molar-refractivity contribution is 7.23. The van der Waals surface area contributed by atoms with Gasteiger partial charge >= 0.3 is 0 Å². The maximum absolute atomic E-state index is 5.54. The molecule has 0 N–H and O–H groups in total. The third-order valence-corrected chi connectivity index (χ3v) is 13.4. The summed E-state index contributed by atoms with van der Waals surface area (Å²) >= 11 is 1.80. The molecule has 61 heavy (non-hydrogen) atoms. The molecule has 0 spiro atoms. The average Bonchev–Trinajstić information content (AvgIpc) is 4.01. The maximum atomic E-state index is 5.54. The molecule has 8 aromatic carbocycles. The molecule has 5 heterocycles. The van der Waals surface area contributed by atoms with Gasteiger partial charge in [-0.05, 0) is 106 Å². The average molecular weight is 796 g/mol. The molecule has 6 heteroatoms. The minimum Gasteiger partial charge on any atom is -0.309 e. The molecule has 0 aliphatic carbocycles. The highest BCUT2D eigenvalue weighted by atomic mass is 32.1. The molecule has 0 atom stereocenters. The molecule has 0 amide bonds. The maximum Gasteiger partial charge on any atom is 0.162 e. The highest BCUT2D eigenvalue weighted by Crippen LogP contribution is 2.45. The lowest BCUT2D eigenvalue weighted by atomic mass is 9.97. The summed E-state index contributed by atoms with van der Waals surface area (Å²) in [7, 11) is 0. The van der Waals surface area contributed by atoms with Gasteiger partial charge in [-0.25, -0.2) is 9.97 Å². The second kappa shape index (κ2) is 13.3. The molecule has 0 bridgehead atoms. The van der Waals surface area contributed by atoms with Crippen molar-refractivity contribution in [2.75, 3.05) is 0 Å². The lowest BCUT2D eigenvalue weighted by Crippen LogP contribution is -2.03. The minimum absolute atomic E-state index is 0.665. The van der Waals surface area contributed by atoms with Crippen LogP contribution in [0.2, 0.25) is 0 Å². The van der Waals surface area contributed by atoms with Crippen LogP contribution in [0.3, 0.4) is 0 Å². The fraction of sp³-hybridized carbons (Fsp3) is 0. The van der Waals surface area contributed by atoms with Crippen molar-refractivity contribution in [3.63, 3.8) is 0 Å². The van der Waals surface area contributed by atoms with E-state index >= 15 is 0 Å². The zero-order valence-electron chi connectivity index (χ0n) is 32.7. The van der Waals surface area contributed by atoms with E-state index in [0.717, 1.165) is 39.0 Å². The predicted molar refractivity (Wildman–Crippen MR) is 255 cm³/mol. The number of fused-ring (bicyclic) bond motifs is 10. The van der Waals surface area contributed by atoms with Crippen molar-refractivity contribution in [2.45, 2.75) is 0 Å². The van der Waals surface area contributed by atoms with Crippen molar-refractivity contribution in [3.05, 3.63) is 200 Å². The van der Waals surface area contributed by atoms with E-state index in [1.807, 2.05) is 24.5 Å². The number of aromatic nitrogens is 5. The van der Waals surface area contributed by atoms with Crippen molar-refractivity contribution in [1.29, 1.82) is 0 Å². The smallest absolute Gasteiger partial charge is 0.162 e. The summed E-state index contributed by atoms with van der Waals surface area (Å²) in [5, 5.41) is 9.41. The number of thiophene rings is 1. The van der Waals surface area contributed by atoms with Gasteiger partial charge < -0.3 is 4.57 Å². The molecular weight excluding hydrogens is 763 g/mol. The SMILES string of the molecule is c1ccc(-c2cc3ccc4nc(-c5ccncc5)nc(-n5c6ccc(-c7cccc8c7c7ccccc7n8-c7ccccc7)cc6c6cc7ccccc7cc65)c4c3s2)cc1. The third-order valence-electron chi connectivity index (χ3n) is 12.2. The molecule has 0 aliphatic rings. The van der Waals surface area contributed by atoms with Gasteiger partial charge in [-0.2, -0.15) is 0 Å². The van der Waals surface area contributed by atoms with Gasteiger partial charge in [-0.3, -0.25) is 9.55 Å². The molecule has 284 valence electrons. The summed E-state index contributed by atoms with van der Waals surface area (Å²) in [5.41, 5.74) is 11.1. The van der Waals surface area contributed by atoms with Gasteiger partial charge in [0.2, 0.25) is 0 Å². The van der Waals surface area contributed by atoms with Crippen molar-refractivity contribution in [2.24, 2.45) is 0 Å². The molecule has 0 radical (unpaired) electrons. The van der Waals surface area contributed by atoms with E-state index < -0.39 is 0 Å². The summed E-state index contributed by atoms with van der Waals surface area (Å²) < 4.78 is 5.94. The van der Waals surface area contributed by atoms with Crippen LogP contribution in [0.15, 0.2) is 200 Å². The Labute approximate surface area is 354 Å². The van der Waals surface area contributed by atoms with E-state index in [1.165, 1.54) is 75.0 Å². The normalized spacial score (nSPS) is 11.9. The summed E-state index contributed by atoms with van der Waals surface area (Å²) in [4.78, 5) is 16.3. The van der Waals surface area contributed by atoms with Crippen LogP contribution < -0.4 is 0 Å². The zero-order chi connectivity index (χ0) is 40.0. The predicted octanol–water partition coefficient (Wildman–Crippen LogP) is 14.6. The number of nitrogens with zero attached hydrogens (tertiary/aromatic N) is 5. The topological polar surface area (TPSA) is 48.5 Å². The van der Waals surface area contributed by atoms with Crippen LogP contribution in [0.4, 0.5) is 0 Å². The summed E-state index contributed by atoms with van der Waals surface area (Å²) in [6.07, 6.45) is 3.62. The van der Waals surface area contributed by atoms with Crippen molar-refractivity contribution in [1.82, 2.24) is 24.1 Å². The van der Waals surface area contributed by atoms with E-state index in [9.17, 15) is 0 Å². The van der Waals surface area contributed by atoms with E-state index in [1.54, 1.807) is 11.3 Å². The van der Waals surface area contributed by atoms with Crippen LogP contribution in [0.1, 0.15) is 0 Å². The first-order valence-corrected chi connectivity index (χ1v) is 21.3. The molecule has 13 rings (SSSR count). The number of benzene rings is 8. The number of rotatable bonds is 5. The Morgan fingerprint density at radius 1 is 0.410 bits per heavy atom. The quantitative estimate of drug-likeness (QED) is 0.174. The fourth-order valence-electron chi connectivity index (χ4n) is 9.45. The van der Waals surface area contributed by atoms with E-state index in [-0.39, 0.29) is 0 Å². The second-order valence-electron chi connectivity index (χ2n) is 15.6. The van der Waals surface area contributed by atoms with Gasteiger partial charge in [0.1, 0.15) is 0 Å². The van der Waals surface area contributed by atoms with Gasteiger partial charge in [0.25, 0.3) is 0 Å². The molecule has 13 aromatic rings. The molecule has 0 aliphatic heterocycles. The van der Waals surface area contributed by atoms with Crippen LogP contribution in [-0.4, -0.2) is 24.1 Å². The first kappa shape index (κ1) is 34.0. The van der Waals surface area contributed by atoms with Crippen molar-refractivity contribution in [3.8, 4) is 44.5 Å². The van der Waals surface area contributed by atoms with Gasteiger partial charge in [0.15, 0.2) is 11.6 Å².